The van der Waals surface area contributed by atoms with Crippen LogP contribution >= 0.6 is 0 Å². The van der Waals surface area contributed by atoms with Crippen molar-refractivity contribution in [2.45, 2.75) is 50.9 Å². The number of nitriles is 1. The predicted molar refractivity (Wildman–Crippen MR) is 199 cm³/mol. The lowest BCUT2D eigenvalue weighted by molar-refractivity contribution is 0.240. The standard InChI is InChI=1S/C36H40N12O3S/c1-46-24-29(23-43-46)26-11-16-32(39-20-26)48(36(49)42-19-25-8-5-4-6-9-25)31-14-12-30(13-15-31)44-35-41-22-28(18-37)33(45-35)40-21-27-10-7-17-38-34(27)47(2)52(3,50)51/h4-11,16-17,20,22-24,30-31H,12-15,19,21H2,1-3H3,(H,42,49)(H2,40,41,44,45). The van der Waals surface area contributed by atoms with Crippen LogP contribution in [-0.4, -0.2) is 69.6 Å². The summed E-state index contributed by atoms with van der Waals surface area (Å²) in [5.41, 5.74) is 3.72. The van der Waals surface area contributed by atoms with Crippen LogP contribution in [0.2, 0.25) is 0 Å². The van der Waals surface area contributed by atoms with Gasteiger partial charge in [-0.15, -0.1) is 0 Å². The first-order valence-corrected chi connectivity index (χ1v) is 18.6. The first-order chi connectivity index (χ1) is 25.1. The zero-order chi connectivity index (χ0) is 36.7. The fourth-order valence-electron chi connectivity index (χ4n) is 6.10. The number of amides is 2. The molecule has 0 saturated heterocycles. The van der Waals surface area contributed by atoms with Crippen molar-refractivity contribution < 1.29 is 13.2 Å². The van der Waals surface area contributed by atoms with Gasteiger partial charge in [0.05, 0.1) is 18.6 Å². The van der Waals surface area contributed by atoms with Crippen molar-refractivity contribution in [1.82, 2.24) is 35.0 Å². The molecule has 3 N–H and O–H groups in total. The first kappa shape index (κ1) is 35.7. The minimum Gasteiger partial charge on any atom is -0.365 e. The Morgan fingerprint density at radius 3 is 2.42 bits per heavy atom. The minimum atomic E-state index is -3.53. The number of hydrogen-bond acceptors (Lipinski definition) is 11. The summed E-state index contributed by atoms with van der Waals surface area (Å²) in [5.74, 6) is 1.52. The van der Waals surface area contributed by atoms with E-state index in [0.717, 1.165) is 40.1 Å². The molecular formula is C36H40N12O3S. The van der Waals surface area contributed by atoms with Crippen LogP contribution in [0.1, 0.15) is 42.4 Å². The second-order valence-corrected chi connectivity index (χ2v) is 14.6. The van der Waals surface area contributed by atoms with E-state index < -0.39 is 10.0 Å². The number of nitrogens with zero attached hydrogens (tertiary/aromatic N) is 9. The summed E-state index contributed by atoms with van der Waals surface area (Å²) in [7, 11) is -0.227. The third-order valence-electron chi connectivity index (χ3n) is 8.95. The van der Waals surface area contributed by atoms with E-state index in [9.17, 15) is 18.5 Å². The molecule has 15 nitrogen and oxygen atoms in total. The predicted octanol–water partition coefficient (Wildman–Crippen LogP) is 4.69. The van der Waals surface area contributed by atoms with E-state index in [1.807, 2.05) is 55.7 Å². The van der Waals surface area contributed by atoms with Crippen molar-refractivity contribution in [1.29, 1.82) is 5.26 Å². The van der Waals surface area contributed by atoms with Crippen LogP contribution in [-0.2, 0) is 30.2 Å². The highest BCUT2D eigenvalue weighted by Crippen LogP contribution is 2.30. The van der Waals surface area contributed by atoms with E-state index in [0.29, 0.717) is 42.5 Å². The molecule has 0 unspecified atom stereocenters. The first-order valence-electron chi connectivity index (χ1n) is 16.8. The molecule has 1 fully saturated rings. The molecule has 1 aliphatic carbocycles. The number of aryl methyl sites for hydroxylation is 1. The molecule has 268 valence electrons. The summed E-state index contributed by atoms with van der Waals surface area (Å²) in [5, 5.41) is 23.6. The fraction of sp³-hybridized carbons (Fsp3) is 0.306. The Balaban J connectivity index is 1.13. The Morgan fingerprint density at radius 1 is 0.962 bits per heavy atom. The van der Waals surface area contributed by atoms with Gasteiger partial charge in [-0.25, -0.2) is 28.2 Å². The van der Waals surface area contributed by atoms with Gasteiger partial charge in [0.2, 0.25) is 16.0 Å². The van der Waals surface area contributed by atoms with Gasteiger partial charge in [0.15, 0.2) is 0 Å². The van der Waals surface area contributed by atoms with Crippen LogP contribution in [0, 0.1) is 11.3 Å². The average Bonchev–Trinajstić information content (AvgIpc) is 3.60. The van der Waals surface area contributed by atoms with Gasteiger partial charge in [0, 0.05) is 74.5 Å². The number of urea groups is 1. The quantitative estimate of drug-likeness (QED) is 0.162. The van der Waals surface area contributed by atoms with E-state index in [-0.39, 0.29) is 36.0 Å². The molecule has 0 bridgehead atoms. The number of anilines is 4. The highest BCUT2D eigenvalue weighted by atomic mass is 32.2. The Kier molecular flexibility index (Phi) is 10.9. The lowest BCUT2D eigenvalue weighted by Gasteiger charge is -2.36. The van der Waals surface area contributed by atoms with Crippen LogP contribution < -0.4 is 25.2 Å². The molecule has 4 aromatic heterocycles. The Hall–Kier alpha value is -6.08. The van der Waals surface area contributed by atoms with Crippen LogP contribution in [0.15, 0.2) is 85.6 Å². The lowest BCUT2D eigenvalue weighted by atomic mass is 9.90. The number of rotatable bonds is 12. The number of benzene rings is 1. The van der Waals surface area contributed by atoms with Crippen molar-refractivity contribution in [3.8, 4) is 17.2 Å². The van der Waals surface area contributed by atoms with Gasteiger partial charge in [-0.2, -0.15) is 15.3 Å². The molecule has 5 aromatic rings. The van der Waals surface area contributed by atoms with E-state index in [4.69, 9.17) is 4.98 Å². The van der Waals surface area contributed by atoms with Crippen LogP contribution in [0.25, 0.3) is 11.1 Å². The zero-order valence-electron chi connectivity index (χ0n) is 29.1. The summed E-state index contributed by atoms with van der Waals surface area (Å²) in [6.45, 7) is 0.572. The van der Waals surface area contributed by atoms with Crippen LogP contribution in [0.4, 0.5) is 28.2 Å². The third kappa shape index (κ3) is 8.61. The van der Waals surface area contributed by atoms with Crippen molar-refractivity contribution in [2.75, 3.05) is 33.1 Å². The van der Waals surface area contributed by atoms with Crippen molar-refractivity contribution in [3.05, 3.63) is 102 Å². The highest BCUT2D eigenvalue weighted by molar-refractivity contribution is 7.92. The van der Waals surface area contributed by atoms with Gasteiger partial charge >= 0.3 is 6.03 Å². The van der Waals surface area contributed by atoms with Gasteiger partial charge in [0.1, 0.15) is 29.1 Å². The number of pyridine rings is 2. The molecule has 0 atom stereocenters. The van der Waals surface area contributed by atoms with Gasteiger partial charge in [-0.05, 0) is 49.4 Å². The topological polar surface area (TPSA) is 187 Å². The number of carbonyl (C=O) groups excluding carboxylic acids is 1. The van der Waals surface area contributed by atoms with E-state index in [2.05, 4.69) is 42.1 Å². The summed E-state index contributed by atoms with van der Waals surface area (Å²) in [6.07, 6.45) is 12.5. The van der Waals surface area contributed by atoms with E-state index in [1.54, 1.807) is 34.1 Å². The fourth-order valence-corrected chi connectivity index (χ4v) is 6.58. The second-order valence-electron chi connectivity index (χ2n) is 12.6. The lowest BCUT2D eigenvalue weighted by Crippen LogP contribution is -2.49. The minimum absolute atomic E-state index is 0.0283. The molecule has 0 spiro atoms. The van der Waals surface area contributed by atoms with Crippen LogP contribution in [0.3, 0.4) is 0 Å². The number of nitrogens with one attached hydrogen (secondary N) is 3. The maximum absolute atomic E-state index is 13.8. The molecule has 0 radical (unpaired) electrons. The summed E-state index contributed by atoms with van der Waals surface area (Å²) >= 11 is 0. The summed E-state index contributed by atoms with van der Waals surface area (Å²) in [4.78, 5) is 33.5. The number of carbonyl (C=O) groups is 1. The Labute approximate surface area is 302 Å². The zero-order valence-corrected chi connectivity index (χ0v) is 30.0. The maximum atomic E-state index is 13.8. The van der Waals surface area contributed by atoms with Crippen molar-refractivity contribution >= 4 is 39.5 Å². The molecule has 4 heterocycles. The molecule has 1 saturated carbocycles. The molecular weight excluding hydrogens is 681 g/mol. The van der Waals surface area contributed by atoms with Gasteiger partial charge in [-0.1, -0.05) is 36.4 Å². The highest BCUT2D eigenvalue weighted by Gasteiger charge is 2.31. The second kappa shape index (κ2) is 15.9. The number of aromatic nitrogens is 6. The molecule has 16 heteroatoms. The van der Waals surface area contributed by atoms with Gasteiger partial charge in [0.25, 0.3) is 0 Å². The molecule has 52 heavy (non-hydrogen) atoms. The normalized spacial score (nSPS) is 15.7. The van der Waals surface area contributed by atoms with Crippen LogP contribution in [0.5, 0.6) is 0 Å². The number of hydrogen-bond donors (Lipinski definition) is 3. The average molecular weight is 721 g/mol. The molecule has 6 rings (SSSR count). The molecule has 2 amide bonds. The SMILES string of the molecule is CN(c1ncccc1CNc1nc(NC2CCC(N(C(=O)NCc3ccccc3)c3ccc(-c4cnn(C)c4)cn3)CC2)ncc1C#N)S(C)(=O)=O. The summed E-state index contributed by atoms with van der Waals surface area (Å²) in [6, 6.07) is 18.9. The van der Waals surface area contributed by atoms with E-state index >= 15 is 0 Å². The molecule has 1 aromatic carbocycles. The molecule has 1 aliphatic rings. The largest absolute Gasteiger partial charge is 0.365 e. The smallest absolute Gasteiger partial charge is 0.323 e. The Bertz CT molecular complexity index is 2150. The van der Waals surface area contributed by atoms with Gasteiger partial charge < -0.3 is 16.0 Å². The van der Waals surface area contributed by atoms with E-state index in [1.165, 1.54) is 19.4 Å². The van der Waals surface area contributed by atoms with Crippen molar-refractivity contribution in [2.24, 2.45) is 7.05 Å². The summed E-state index contributed by atoms with van der Waals surface area (Å²) < 4.78 is 27.2. The monoisotopic (exact) mass is 720 g/mol. The van der Waals surface area contributed by atoms with Crippen molar-refractivity contribution in [3.63, 3.8) is 0 Å². The van der Waals surface area contributed by atoms with Gasteiger partial charge in [-0.3, -0.25) is 13.9 Å². The Morgan fingerprint density at radius 2 is 1.75 bits per heavy atom. The number of sulfonamides is 1. The third-order valence-corrected chi connectivity index (χ3v) is 10.1. The maximum Gasteiger partial charge on any atom is 0.323 e. The molecule has 0 aliphatic heterocycles.